The zero-order valence-corrected chi connectivity index (χ0v) is 8.26. The maximum Gasteiger partial charge on any atom is 0.256 e. The highest BCUT2D eigenvalue weighted by atomic mass is 16.3. The topological polar surface area (TPSA) is 60.8 Å². The van der Waals surface area contributed by atoms with Crippen molar-refractivity contribution in [2.75, 3.05) is 13.2 Å². The second-order valence-electron chi connectivity index (χ2n) is 3.54. The first-order valence-electron chi connectivity index (χ1n) is 4.94. The minimum Gasteiger partial charge on any atom is -0.396 e. The Bertz CT molecular complexity index is 378. The van der Waals surface area contributed by atoms with Crippen molar-refractivity contribution in [3.05, 3.63) is 35.4 Å². The number of nitrogens with zero attached hydrogens (tertiary/aromatic N) is 1. The largest absolute Gasteiger partial charge is 0.396 e. The van der Waals surface area contributed by atoms with E-state index >= 15 is 0 Å². The van der Waals surface area contributed by atoms with E-state index in [1.165, 1.54) is 4.90 Å². The van der Waals surface area contributed by atoms with Gasteiger partial charge in [-0.2, -0.15) is 0 Å². The molecule has 1 amide bonds. The average molecular weight is 207 g/mol. The molecule has 0 saturated carbocycles. The zero-order chi connectivity index (χ0) is 10.8. The van der Waals surface area contributed by atoms with Crippen molar-refractivity contribution in [1.29, 1.82) is 0 Å². The lowest BCUT2D eigenvalue weighted by Gasteiger charge is -2.19. The average Bonchev–Trinajstić information content (AvgIpc) is 2.51. The Morgan fingerprint density at radius 2 is 2.07 bits per heavy atom. The summed E-state index contributed by atoms with van der Waals surface area (Å²) in [6.07, 6.45) is -0.378. The highest BCUT2D eigenvalue weighted by Gasteiger charge is 2.34. The Morgan fingerprint density at radius 3 is 2.73 bits per heavy atom. The van der Waals surface area contributed by atoms with Crippen molar-refractivity contribution in [2.24, 2.45) is 0 Å². The van der Waals surface area contributed by atoms with Gasteiger partial charge in [0.25, 0.3) is 5.91 Å². The van der Waals surface area contributed by atoms with Crippen molar-refractivity contribution in [2.45, 2.75) is 12.6 Å². The second-order valence-corrected chi connectivity index (χ2v) is 3.54. The fourth-order valence-electron chi connectivity index (χ4n) is 1.82. The molecular formula is C11H13NO3. The molecule has 1 atom stereocenters. The van der Waals surface area contributed by atoms with Crippen LogP contribution in [0.15, 0.2) is 24.3 Å². The summed E-state index contributed by atoms with van der Waals surface area (Å²) in [5.41, 5.74) is 1.21. The van der Waals surface area contributed by atoms with Crippen LogP contribution in [0, 0.1) is 0 Å². The number of hydrogen-bond donors (Lipinski definition) is 2. The van der Waals surface area contributed by atoms with Crippen LogP contribution in [0.1, 0.15) is 28.6 Å². The summed E-state index contributed by atoms with van der Waals surface area (Å²) in [7, 11) is 0. The molecule has 0 aromatic heterocycles. The smallest absolute Gasteiger partial charge is 0.256 e. The van der Waals surface area contributed by atoms with Gasteiger partial charge in [-0.1, -0.05) is 18.2 Å². The molecule has 2 N–H and O–H groups in total. The molecule has 1 aliphatic rings. The summed E-state index contributed by atoms with van der Waals surface area (Å²) in [6, 6.07) is 7.03. The first-order valence-corrected chi connectivity index (χ1v) is 4.94. The molecular weight excluding hydrogens is 194 g/mol. The molecule has 2 rings (SSSR count). The van der Waals surface area contributed by atoms with Crippen molar-refractivity contribution < 1.29 is 15.0 Å². The first-order chi connectivity index (χ1) is 7.25. The van der Waals surface area contributed by atoms with Crippen LogP contribution in [0.3, 0.4) is 0 Å². The number of fused-ring (bicyclic) bond motifs is 1. The van der Waals surface area contributed by atoms with Crippen molar-refractivity contribution >= 4 is 5.91 Å². The van der Waals surface area contributed by atoms with E-state index in [1.54, 1.807) is 24.3 Å². The maximum absolute atomic E-state index is 11.8. The van der Waals surface area contributed by atoms with Gasteiger partial charge >= 0.3 is 0 Å². The minimum atomic E-state index is -0.861. The number of rotatable bonds is 3. The molecule has 0 saturated heterocycles. The minimum absolute atomic E-state index is 0.0207. The van der Waals surface area contributed by atoms with Gasteiger partial charge in [-0.05, 0) is 12.5 Å². The number of benzene rings is 1. The summed E-state index contributed by atoms with van der Waals surface area (Å²) in [6.45, 7) is 0.401. The number of amides is 1. The normalized spacial score (nSPS) is 19.5. The standard InChI is InChI=1S/C11H13NO3/c13-7-3-6-12-10(14)8-4-1-2-5-9(8)11(12)15/h1-2,4-5,10,13-14H,3,6-7H2/t10-/m1/s1. The lowest BCUT2D eigenvalue weighted by atomic mass is 10.1. The van der Waals surface area contributed by atoms with Crippen LogP contribution >= 0.6 is 0 Å². The molecule has 80 valence electrons. The molecule has 1 aromatic rings. The van der Waals surface area contributed by atoms with Gasteiger partial charge < -0.3 is 15.1 Å². The molecule has 0 bridgehead atoms. The molecule has 0 aliphatic carbocycles. The summed E-state index contributed by atoms with van der Waals surface area (Å²) in [5.74, 6) is -0.161. The van der Waals surface area contributed by atoms with Gasteiger partial charge in [0.05, 0.1) is 0 Å². The van der Waals surface area contributed by atoms with Gasteiger partial charge in [-0.15, -0.1) is 0 Å². The van der Waals surface area contributed by atoms with E-state index in [4.69, 9.17) is 5.11 Å². The van der Waals surface area contributed by atoms with Crippen molar-refractivity contribution in [1.82, 2.24) is 4.90 Å². The molecule has 1 aliphatic heterocycles. The fraction of sp³-hybridized carbons (Fsp3) is 0.364. The fourth-order valence-corrected chi connectivity index (χ4v) is 1.82. The predicted octanol–water partition coefficient (Wildman–Crippen LogP) is 0.516. The Kier molecular flexibility index (Phi) is 2.70. The van der Waals surface area contributed by atoms with E-state index in [0.29, 0.717) is 24.1 Å². The molecule has 0 fully saturated rings. The lowest BCUT2D eigenvalue weighted by molar-refractivity contribution is 0.0155. The quantitative estimate of drug-likeness (QED) is 0.759. The van der Waals surface area contributed by atoms with Gasteiger partial charge in [0.1, 0.15) is 0 Å². The van der Waals surface area contributed by atoms with Gasteiger partial charge in [0, 0.05) is 24.3 Å². The third-order valence-electron chi connectivity index (χ3n) is 2.58. The Labute approximate surface area is 87.8 Å². The van der Waals surface area contributed by atoms with E-state index in [9.17, 15) is 9.90 Å². The van der Waals surface area contributed by atoms with E-state index in [0.717, 1.165) is 0 Å². The molecule has 0 unspecified atom stereocenters. The number of carbonyl (C=O) groups is 1. The van der Waals surface area contributed by atoms with Gasteiger partial charge in [-0.3, -0.25) is 4.79 Å². The number of carbonyl (C=O) groups excluding carboxylic acids is 1. The number of hydrogen-bond acceptors (Lipinski definition) is 3. The SMILES string of the molecule is O=C1c2ccccc2[C@@H](O)N1CCCO. The van der Waals surface area contributed by atoms with Crippen LogP contribution in [0.2, 0.25) is 0 Å². The molecule has 4 heteroatoms. The van der Waals surface area contributed by atoms with Crippen LogP contribution in [0.25, 0.3) is 0 Å². The number of aliphatic hydroxyl groups is 2. The van der Waals surface area contributed by atoms with Gasteiger partial charge in [0.2, 0.25) is 0 Å². The third-order valence-corrected chi connectivity index (χ3v) is 2.58. The van der Waals surface area contributed by atoms with Gasteiger partial charge in [-0.25, -0.2) is 0 Å². The van der Waals surface area contributed by atoms with E-state index in [1.807, 2.05) is 0 Å². The maximum atomic E-state index is 11.8. The van der Waals surface area contributed by atoms with E-state index in [2.05, 4.69) is 0 Å². The summed E-state index contributed by atoms with van der Waals surface area (Å²) < 4.78 is 0. The van der Waals surface area contributed by atoms with E-state index < -0.39 is 6.23 Å². The van der Waals surface area contributed by atoms with Crippen LogP contribution < -0.4 is 0 Å². The Morgan fingerprint density at radius 1 is 1.33 bits per heavy atom. The van der Waals surface area contributed by atoms with Crippen LogP contribution in [0.4, 0.5) is 0 Å². The first kappa shape index (κ1) is 10.1. The highest BCUT2D eigenvalue weighted by Crippen LogP contribution is 2.30. The van der Waals surface area contributed by atoms with Gasteiger partial charge in [0.15, 0.2) is 6.23 Å². The molecule has 4 nitrogen and oxygen atoms in total. The Hall–Kier alpha value is -1.39. The molecule has 1 heterocycles. The highest BCUT2D eigenvalue weighted by molar-refractivity contribution is 5.98. The Balaban J connectivity index is 2.25. The van der Waals surface area contributed by atoms with Crippen LogP contribution in [0.5, 0.6) is 0 Å². The second kappa shape index (κ2) is 4.00. The zero-order valence-electron chi connectivity index (χ0n) is 8.26. The monoisotopic (exact) mass is 207 g/mol. The number of aliphatic hydroxyl groups excluding tert-OH is 2. The van der Waals surface area contributed by atoms with Crippen molar-refractivity contribution in [3.63, 3.8) is 0 Å². The van der Waals surface area contributed by atoms with Crippen LogP contribution in [-0.4, -0.2) is 34.2 Å². The summed E-state index contributed by atoms with van der Waals surface area (Å²) in [5, 5.41) is 18.6. The van der Waals surface area contributed by atoms with Crippen LogP contribution in [-0.2, 0) is 0 Å². The lowest BCUT2D eigenvalue weighted by Crippen LogP contribution is -2.29. The molecule has 1 aromatic carbocycles. The molecule has 0 radical (unpaired) electrons. The third kappa shape index (κ3) is 1.62. The molecule has 15 heavy (non-hydrogen) atoms. The van der Waals surface area contributed by atoms with E-state index in [-0.39, 0.29) is 12.5 Å². The summed E-state index contributed by atoms with van der Waals surface area (Å²) >= 11 is 0. The predicted molar refractivity (Wildman–Crippen MR) is 54.1 cm³/mol. The summed E-state index contributed by atoms with van der Waals surface area (Å²) in [4.78, 5) is 13.2. The molecule has 0 spiro atoms. The van der Waals surface area contributed by atoms with Crippen molar-refractivity contribution in [3.8, 4) is 0 Å².